The first kappa shape index (κ1) is 16.6. The van der Waals surface area contributed by atoms with Crippen molar-refractivity contribution in [3.05, 3.63) is 28.8 Å². The van der Waals surface area contributed by atoms with Crippen LogP contribution in [0.3, 0.4) is 0 Å². The van der Waals surface area contributed by atoms with E-state index in [1.54, 1.807) is 26.1 Å². The topological polar surface area (TPSA) is 61.4 Å². The predicted octanol–water partition coefficient (Wildman–Crippen LogP) is 2.37. The maximum atomic E-state index is 12.3. The monoisotopic (exact) mass is 323 g/mol. The summed E-state index contributed by atoms with van der Waals surface area (Å²) >= 11 is 6.09. The first-order valence-electron chi connectivity index (χ1n) is 7.52. The Labute approximate surface area is 136 Å². The molecule has 0 bridgehead atoms. The van der Waals surface area contributed by atoms with Crippen LogP contribution in [0.1, 0.15) is 30.1 Å². The molecule has 1 aromatic carbocycles. The minimum atomic E-state index is -0.179. The zero-order chi connectivity index (χ0) is 16.1. The first-order valence-corrected chi connectivity index (χ1v) is 7.90. The van der Waals surface area contributed by atoms with Gasteiger partial charge in [-0.1, -0.05) is 11.6 Å². The van der Waals surface area contributed by atoms with Crippen LogP contribution in [0.25, 0.3) is 0 Å². The highest BCUT2D eigenvalue weighted by Crippen LogP contribution is 2.21. The summed E-state index contributed by atoms with van der Waals surface area (Å²) in [5, 5.41) is 6.36. The van der Waals surface area contributed by atoms with Crippen molar-refractivity contribution in [1.82, 2.24) is 10.2 Å². The van der Waals surface area contributed by atoms with E-state index in [1.807, 2.05) is 11.0 Å². The molecular weight excluding hydrogens is 302 g/mol. The van der Waals surface area contributed by atoms with E-state index < -0.39 is 0 Å². The normalized spacial score (nSPS) is 18.0. The van der Waals surface area contributed by atoms with Gasteiger partial charge >= 0.3 is 0 Å². The molecule has 1 aliphatic rings. The lowest BCUT2D eigenvalue weighted by atomic mass is 9.98. The molecule has 1 heterocycles. The quantitative estimate of drug-likeness (QED) is 0.894. The number of hydrogen-bond acceptors (Lipinski definition) is 3. The lowest BCUT2D eigenvalue weighted by molar-refractivity contribution is -0.130. The van der Waals surface area contributed by atoms with Crippen molar-refractivity contribution in [2.45, 2.75) is 19.8 Å². The second-order valence-corrected chi connectivity index (χ2v) is 6.04. The molecular formula is C16H22ClN3O2. The van der Waals surface area contributed by atoms with Crippen LogP contribution < -0.4 is 10.6 Å². The Balaban J connectivity index is 1.94. The van der Waals surface area contributed by atoms with Crippen molar-refractivity contribution in [3.8, 4) is 0 Å². The van der Waals surface area contributed by atoms with Crippen molar-refractivity contribution >= 4 is 29.1 Å². The summed E-state index contributed by atoms with van der Waals surface area (Å²) in [6, 6.07) is 5.27. The molecule has 22 heavy (non-hydrogen) atoms. The van der Waals surface area contributed by atoms with E-state index in [-0.39, 0.29) is 11.8 Å². The summed E-state index contributed by atoms with van der Waals surface area (Å²) < 4.78 is 0. The Bertz CT molecular complexity index is 562. The van der Waals surface area contributed by atoms with E-state index in [1.165, 1.54) is 0 Å². The highest BCUT2D eigenvalue weighted by atomic mass is 35.5. The van der Waals surface area contributed by atoms with Gasteiger partial charge in [0.05, 0.1) is 10.6 Å². The molecule has 2 rings (SSSR count). The van der Waals surface area contributed by atoms with Crippen molar-refractivity contribution in [1.29, 1.82) is 0 Å². The third kappa shape index (κ3) is 4.13. The van der Waals surface area contributed by atoms with Gasteiger partial charge in [0.15, 0.2) is 0 Å². The van der Waals surface area contributed by atoms with Gasteiger partial charge in [0, 0.05) is 39.3 Å². The van der Waals surface area contributed by atoms with Crippen molar-refractivity contribution in [2.75, 3.05) is 32.0 Å². The minimum Gasteiger partial charge on any atom is -0.388 e. The minimum absolute atomic E-state index is 0.0980. The summed E-state index contributed by atoms with van der Waals surface area (Å²) in [5.74, 6) is 0.218. The summed E-state index contributed by atoms with van der Waals surface area (Å²) in [4.78, 5) is 25.6. The van der Waals surface area contributed by atoms with Crippen LogP contribution in [-0.4, -0.2) is 43.4 Å². The lowest BCUT2D eigenvalue weighted by Gasteiger charge is -2.32. The number of carbonyl (C=O) groups is 2. The van der Waals surface area contributed by atoms with E-state index in [2.05, 4.69) is 10.6 Å². The average Bonchev–Trinajstić information content (AvgIpc) is 2.53. The Morgan fingerprint density at radius 2 is 2.18 bits per heavy atom. The fourth-order valence-corrected chi connectivity index (χ4v) is 2.91. The third-order valence-corrected chi connectivity index (χ3v) is 4.34. The number of nitrogens with one attached hydrogen (secondary N) is 2. The number of likely N-dealkylation sites (tertiary alicyclic amines) is 1. The van der Waals surface area contributed by atoms with Crippen LogP contribution >= 0.6 is 11.6 Å². The summed E-state index contributed by atoms with van der Waals surface area (Å²) in [7, 11) is 1.79. The van der Waals surface area contributed by atoms with Gasteiger partial charge in [0.1, 0.15) is 0 Å². The fourth-order valence-electron chi connectivity index (χ4n) is 2.70. The Morgan fingerprint density at radius 3 is 2.86 bits per heavy atom. The Kier molecular flexibility index (Phi) is 5.66. The molecule has 2 N–H and O–H groups in total. The summed E-state index contributed by atoms with van der Waals surface area (Å²) in [5.41, 5.74) is 1.31. The molecule has 0 radical (unpaired) electrons. The van der Waals surface area contributed by atoms with E-state index >= 15 is 0 Å². The number of carbonyl (C=O) groups excluding carboxylic acids is 2. The molecule has 1 aliphatic heterocycles. The number of hydrogen-bond donors (Lipinski definition) is 2. The van der Waals surface area contributed by atoms with E-state index in [4.69, 9.17) is 11.6 Å². The highest BCUT2D eigenvalue weighted by molar-refractivity contribution is 6.34. The van der Waals surface area contributed by atoms with Crippen molar-refractivity contribution < 1.29 is 9.59 Å². The number of benzene rings is 1. The van der Waals surface area contributed by atoms with E-state index in [0.717, 1.165) is 25.1 Å². The standard InChI is InChI=1S/C16H22ClN3O2/c1-11(21)20-7-3-4-12(10-20)9-19-16(22)14-8-13(18-2)5-6-15(14)17/h5-6,8,12,18H,3-4,7,9-10H2,1-2H3,(H,19,22). The fraction of sp³-hybridized carbons (Fsp3) is 0.500. The maximum absolute atomic E-state index is 12.3. The van der Waals surface area contributed by atoms with Gasteiger partial charge in [0.2, 0.25) is 5.91 Å². The Hall–Kier alpha value is -1.75. The van der Waals surface area contributed by atoms with Gasteiger partial charge in [-0.3, -0.25) is 9.59 Å². The van der Waals surface area contributed by atoms with Gasteiger partial charge in [0.25, 0.3) is 5.91 Å². The van der Waals surface area contributed by atoms with Crippen LogP contribution in [-0.2, 0) is 4.79 Å². The van der Waals surface area contributed by atoms with E-state index in [0.29, 0.717) is 29.6 Å². The molecule has 1 aromatic rings. The van der Waals surface area contributed by atoms with Crippen LogP contribution in [0, 0.1) is 5.92 Å². The Morgan fingerprint density at radius 1 is 1.41 bits per heavy atom. The van der Waals surface area contributed by atoms with E-state index in [9.17, 15) is 9.59 Å². The van der Waals surface area contributed by atoms with Gasteiger partial charge in [-0.05, 0) is 37.0 Å². The zero-order valence-electron chi connectivity index (χ0n) is 13.0. The molecule has 1 fully saturated rings. The van der Waals surface area contributed by atoms with Crippen LogP contribution in [0.2, 0.25) is 5.02 Å². The second kappa shape index (κ2) is 7.49. The molecule has 1 saturated heterocycles. The average molecular weight is 324 g/mol. The van der Waals surface area contributed by atoms with Gasteiger partial charge < -0.3 is 15.5 Å². The molecule has 1 atom stereocenters. The SMILES string of the molecule is CNc1ccc(Cl)c(C(=O)NCC2CCCN(C(C)=O)C2)c1. The van der Waals surface area contributed by atoms with Gasteiger partial charge in [-0.25, -0.2) is 0 Å². The molecule has 0 aromatic heterocycles. The third-order valence-electron chi connectivity index (χ3n) is 4.02. The predicted molar refractivity (Wildman–Crippen MR) is 88.3 cm³/mol. The largest absolute Gasteiger partial charge is 0.388 e. The smallest absolute Gasteiger partial charge is 0.252 e. The molecule has 2 amide bonds. The number of rotatable bonds is 4. The summed E-state index contributed by atoms with van der Waals surface area (Å²) in [6.45, 7) is 3.67. The van der Waals surface area contributed by atoms with Crippen molar-refractivity contribution in [2.24, 2.45) is 5.92 Å². The molecule has 0 aliphatic carbocycles. The van der Waals surface area contributed by atoms with Crippen LogP contribution in [0.5, 0.6) is 0 Å². The molecule has 1 unspecified atom stereocenters. The van der Waals surface area contributed by atoms with Gasteiger partial charge in [-0.15, -0.1) is 0 Å². The molecule has 6 heteroatoms. The second-order valence-electron chi connectivity index (χ2n) is 5.63. The van der Waals surface area contributed by atoms with Crippen LogP contribution in [0.15, 0.2) is 18.2 Å². The number of nitrogens with zero attached hydrogens (tertiary/aromatic N) is 1. The van der Waals surface area contributed by atoms with Crippen LogP contribution in [0.4, 0.5) is 5.69 Å². The zero-order valence-corrected chi connectivity index (χ0v) is 13.7. The molecule has 5 nitrogen and oxygen atoms in total. The lowest BCUT2D eigenvalue weighted by Crippen LogP contribution is -2.42. The number of halogens is 1. The summed E-state index contributed by atoms with van der Waals surface area (Å²) in [6.07, 6.45) is 2.00. The number of anilines is 1. The number of amides is 2. The van der Waals surface area contributed by atoms with Gasteiger partial charge in [-0.2, -0.15) is 0 Å². The first-order chi connectivity index (χ1) is 10.5. The molecule has 0 spiro atoms. The van der Waals surface area contributed by atoms with Crippen molar-refractivity contribution in [3.63, 3.8) is 0 Å². The number of piperidine rings is 1. The molecule has 0 saturated carbocycles. The molecule has 120 valence electrons. The maximum Gasteiger partial charge on any atom is 0.252 e. The highest BCUT2D eigenvalue weighted by Gasteiger charge is 2.22.